The van der Waals surface area contributed by atoms with E-state index in [1.807, 2.05) is 13.8 Å². The van der Waals surface area contributed by atoms with E-state index < -0.39 is 55.5 Å². The lowest BCUT2D eigenvalue weighted by molar-refractivity contribution is -0.352. The fourth-order valence-corrected chi connectivity index (χ4v) is 1.77. The molecule has 3 atom stereocenters. The molecule has 4 nitrogen and oxygen atoms in total. The largest absolute Gasteiger partial charge is 0.377 e. The van der Waals surface area contributed by atoms with Crippen LogP contribution in [-0.2, 0) is 18.9 Å². The summed E-state index contributed by atoms with van der Waals surface area (Å²) in [5, 5.41) is 0. The summed E-state index contributed by atoms with van der Waals surface area (Å²) in [5.74, 6) is -16.9. The second kappa shape index (κ2) is 8.57. The molecule has 2 aliphatic rings. The Labute approximate surface area is 146 Å². The molecule has 0 bridgehead atoms. The minimum absolute atomic E-state index is 0.0869. The first-order chi connectivity index (χ1) is 11.9. The molecule has 0 N–H and O–H groups in total. The van der Waals surface area contributed by atoms with Gasteiger partial charge in [0.05, 0.1) is 33.0 Å². The van der Waals surface area contributed by atoms with E-state index in [2.05, 4.69) is 18.9 Å². The molecule has 3 unspecified atom stereocenters. The standard InChI is InChI=1S/C13H17F7O4.C2H6/c1-10(14,6-21-2-8-4-23-8)12(17,18)13(19,20)11(15,16)7-22-3-9-5-24-9;1-2/h8-9H,2-7H2,1H3;1-2H3. The Bertz CT molecular complexity index is 398. The third-order valence-electron chi connectivity index (χ3n) is 3.58. The van der Waals surface area contributed by atoms with Crippen LogP contribution in [0.2, 0.25) is 0 Å². The van der Waals surface area contributed by atoms with E-state index in [4.69, 9.17) is 0 Å². The predicted molar refractivity (Wildman–Crippen MR) is 76.8 cm³/mol. The molecule has 0 aromatic rings. The van der Waals surface area contributed by atoms with E-state index in [-0.39, 0.29) is 26.7 Å². The van der Waals surface area contributed by atoms with Gasteiger partial charge in [-0.2, -0.15) is 26.3 Å². The Morgan fingerprint density at radius 2 is 1.15 bits per heavy atom. The van der Waals surface area contributed by atoms with Crippen molar-refractivity contribution >= 4 is 0 Å². The third-order valence-corrected chi connectivity index (χ3v) is 3.58. The molecular formula is C15H23F7O4. The summed E-state index contributed by atoms with van der Waals surface area (Å²) in [6.07, 6.45) is -0.936. The van der Waals surface area contributed by atoms with Crippen LogP contribution in [0.15, 0.2) is 0 Å². The maximum Gasteiger partial charge on any atom is 0.377 e. The fraction of sp³-hybridized carbons (Fsp3) is 1.00. The lowest BCUT2D eigenvalue weighted by Gasteiger charge is -2.38. The van der Waals surface area contributed by atoms with Crippen LogP contribution in [0.4, 0.5) is 30.7 Å². The third kappa shape index (κ3) is 5.43. The van der Waals surface area contributed by atoms with Gasteiger partial charge in [-0.3, -0.25) is 0 Å². The highest BCUT2D eigenvalue weighted by atomic mass is 19.3. The molecule has 2 heterocycles. The lowest BCUT2D eigenvalue weighted by atomic mass is 9.91. The van der Waals surface area contributed by atoms with Crippen LogP contribution in [0.3, 0.4) is 0 Å². The van der Waals surface area contributed by atoms with Crippen LogP contribution in [0.1, 0.15) is 20.8 Å². The maximum atomic E-state index is 14.0. The van der Waals surface area contributed by atoms with Gasteiger partial charge in [-0.15, -0.1) is 0 Å². The van der Waals surface area contributed by atoms with Crippen LogP contribution in [0.5, 0.6) is 0 Å². The van der Waals surface area contributed by atoms with Crippen molar-refractivity contribution in [2.24, 2.45) is 0 Å². The molecular weight excluding hydrogens is 377 g/mol. The fourth-order valence-electron chi connectivity index (χ4n) is 1.77. The molecule has 0 radical (unpaired) electrons. The van der Waals surface area contributed by atoms with Gasteiger partial charge < -0.3 is 18.9 Å². The number of hydrogen-bond donors (Lipinski definition) is 0. The highest BCUT2D eigenvalue weighted by Gasteiger charge is 2.78. The van der Waals surface area contributed by atoms with Crippen molar-refractivity contribution in [2.75, 3.05) is 39.6 Å². The van der Waals surface area contributed by atoms with Crippen molar-refractivity contribution in [2.45, 2.75) is 56.4 Å². The molecule has 2 rings (SSSR count). The molecule has 0 aromatic heterocycles. The molecule has 156 valence electrons. The quantitative estimate of drug-likeness (QED) is 0.394. The number of halogens is 7. The second-order valence-electron chi connectivity index (χ2n) is 5.99. The van der Waals surface area contributed by atoms with Crippen molar-refractivity contribution in [3.63, 3.8) is 0 Å². The molecule has 11 heteroatoms. The van der Waals surface area contributed by atoms with Gasteiger partial charge in [0.25, 0.3) is 0 Å². The van der Waals surface area contributed by atoms with Gasteiger partial charge in [-0.1, -0.05) is 13.8 Å². The molecule has 2 saturated heterocycles. The summed E-state index contributed by atoms with van der Waals surface area (Å²) >= 11 is 0. The highest BCUT2D eigenvalue weighted by molar-refractivity contribution is 5.06. The smallest absolute Gasteiger partial charge is 0.375 e. The van der Waals surface area contributed by atoms with E-state index in [1.54, 1.807) is 0 Å². The van der Waals surface area contributed by atoms with Gasteiger partial charge in [0.15, 0.2) is 0 Å². The molecule has 2 fully saturated rings. The van der Waals surface area contributed by atoms with Crippen LogP contribution in [0.25, 0.3) is 0 Å². The van der Waals surface area contributed by atoms with Crippen molar-refractivity contribution in [3.05, 3.63) is 0 Å². The first kappa shape index (κ1) is 23.4. The Balaban J connectivity index is 0.00000163. The van der Waals surface area contributed by atoms with Crippen molar-refractivity contribution in [1.82, 2.24) is 0 Å². The first-order valence-electron chi connectivity index (χ1n) is 8.12. The van der Waals surface area contributed by atoms with Crippen LogP contribution in [0, 0.1) is 0 Å². The summed E-state index contributed by atoms with van der Waals surface area (Å²) in [5.41, 5.74) is -4.02. The summed E-state index contributed by atoms with van der Waals surface area (Å²) in [7, 11) is 0. The molecule has 0 spiro atoms. The van der Waals surface area contributed by atoms with Gasteiger partial charge in [-0.05, 0) is 6.92 Å². The summed E-state index contributed by atoms with van der Waals surface area (Å²) in [6.45, 7) is 0.378. The average molecular weight is 400 g/mol. The molecule has 0 aliphatic carbocycles. The van der Waals surface area contributed by atoms with Crippen molar-refractivity contribution < 1.29 is 49.7 Å². The molecule has 0 saturated carbocycles. The number of alkyl halides is 7. The zero-order valence-corrected chi connectivity index (χ0v) is 14.7. The first-order valence-corrected chi connectivity index (χ1v) is 8.12. The molecule has 26 heavy (non-hydrogen) atoms. The number of hydrogen-bond acceptors (Lipinski definition) is 4. The number of rotatable bonds is 11. The second-order valence-corrected chi connectivity index (χ2v) is 5.99. The molecule has 2 aliphatic heterocycles. The summed E-state index contributed by atoms with van der Waals surface area (Å²) in [4.78, 5) is 0. The van der Waals surface area contributed by atoms with Crippen molar-refractivity contribution in [3.8, 4) is 0 Å². The Morgan fingerprint density at radius 3 is 1.54 bits per heavy atom. The van der Waals surface area contributed by atoms with Gasteiger partial charge in [0, 0.05) is 0 Å². The molecule has 0 amide bonds. The minimum Gasteiger partial charge on any atom is -0.375 e. The Kier molecular flexibility index (Phi) is 7.71. The van der Waals surface area contributed by atoms with Gasteiger partial charge in [0.1, 0.15) is 18.8 Å². The van der Waals surface area contributed by atoms with Gasteiger partial charge in [-0.25, -0.2) is 4.39 Å². The zero-order valence-electron chi connectivity index (χ0n) is 14.7. The maximum absolute atomic E-state index is 14.0. The predicted octanol–water partition coefficient (Wildman–Crippen LogP) is 3.48. The van der Waals surface area contributed by atoms with Crippen molar-refractivity contribution in [1.29, 1.82) is 0 Å². The summed E-state index contributed by atoms with van der Waals surface area (Å²) in [6, 6.07) is 0. The van der Waals surface area contributed by atoms with E-state index in [0.29, 0.717) is 0 Å². The SMILES string of the molecule is CC.CC(F)(COCC1CO1)C(F)(F)C(F)(F)C(F)(F)COCC1CO1. The normalized spacial score (nSPS) is 25.2. The topological polar surface area (TPSA) is 43.5 Å². The lowest BCUT2D eigenvalue weighted by Crippen LogP contribution is -2.65. The van der Waals surface area contributed by atoms with Crippen LogP contribution >= 0.6 is 0 Å². The number of ether oxygens (including phenoxy) is 4. The Hall–Kier alpha value is -0.650. The number of epoxide rings is 2. The van der Waals surface area contributed by atoms with Gasteiger partial charge >= 0.3 is 17.8 Å². The van der Waals surface area contributed by atoms with Crippen LogP contribution in [-0.4, -0.2) is 75.3 Å². The van der Waals surface area contributed by atoms with Gasteiger partial charge in [0.2, 0.25) is 5.67 Å². The van der Waals surface area contributed by atoms with E-state index in [1.165, 1.54) is 0 Å². The van der Waals surface area contributed by atoms with E-state index >= 15 is 0 Å². The van der Waals surface area contributed by atoms with E-state index in [0.717, 1.165) is 0 Å². The van der Waals surface area contributed by atoms with E-state index in [9.17, 15) is 30.7 Å². The van der Waals surface area contributed by atoms with Crippen LogP contribution < -0.4 is 0 Å². The minimum atomic E-state index is -5.98. The monoisotopic (exact) mass is 400 g/mol. The zero-order chi connectivity index (χ0) is 20.2. The molecule has 0 aromatic carbocycles. The average Bonchev–Trinajstić information content (AvgIpc) is 3.43. The Morgan fingerprint density at radius 1 is 0.769 bits per heavy atom. The summed E-state index contributed by atoms with van der Waals surface area (Å²) < 4.78 is 114. The highest BCUT2D eigenvalue weighted by Crippen LogP contribution is 2.52.